The third kappa shape index (κ3) is 8.20. The van der Waals surface area contributed by atoms with E-state index in [1.807, 2.05) is 30.3 Å². The summed E-state index contributed by atoms with van der Waals surface area (Å²) in [4.78, 5) is 36.5. The van der Waals surface area contributed by atoms with Crippen LogP contribution in [0.1, 0.15) is 38.8 Å². The van der Waals surface area contributed by atoms with Gasteiger partial charge in [0.2, 0.25) is 10.0 Å². The molecule has 13 heteroatoms. The Kier molecular flexibility index (Phi) is 10.7. The summed E-state index contributed by atoms with van der Waals surface area (Å²) >= 11 is 0. The van der Waals surface area contributed by atoms with Crippen molar-refractivity contribution in [2.75, 3.05) is 13.1 Å². The van der Waals surface area contributed by atoms with Crippen LogP contribution in [-0.4, -0.2) is 61.3 Å². The van der Waals surface area contributed by atoms with Crippen LogP contribution in [0.15, 0.2) is 83.8 Å². The Balaban J connectivity index is 1.47. The number of nitrogens with zero attached hydrogens (tertiary/aromatic N) is 1. The second-order valence-corrected chi connectivity index (χ2v) is 13.6. The van der Waals surface area contributed by atoms with Crippen molar-refractivity contribution in [1.29, 1.82) is 0 Å². The summed E-state index contributed by atoms with van der Waals surface area (Å²) < 4.78 is 58.7. The number of sulfonamides is 1. The average Bonchev–Trinajstić information content (AvgIpc) is 2.99. The number of hydrogen-bond acceptors (Lipinski definition) is 8. The van der Waals surface area contributed by atoms with Crippen LogP contribution in [0.4, 0.5) is 9.18 Å². The number of benzene rings is 3. The molecule has 11 nitrogen and oxygen atoms in total. The summed E-state index contributed by atoms with van der Waals surface area (Å²) in [7, 11) is -4.04. The van der Waals surface area contributed by atoms with E-state index in [0.717, 1.165) is 5.56 Å². The van der Waals surface area contributed by atoms with Crippen molar-refractivity contribution >= 4 is 28.1 Å². The number of halogens is 1. The predicted molar refractivity (Wildman–Crippen MR) is 165 cm³/mol. The lowest BCUT2D eigenvalue weighted by Gasteiger charge is -2.48. The molecule has 0 aromatic heterocycles. The number of amides is 1. The molecule has 246 valence electrons. The number of carboxylic acids is 1. The fourth-order valence-corrected chi connectivity index (χ4v) is 6.32. The molecule has 2 N–H and O–H groups in total. The number of rotatable bonds is 13. The van der Waals surface area contributed by atoms with E-state index in [9.17, 15) is 32.3 Å². The van der Waals surface area contributed by atoms with Crippen LogP contribution in [0.2, 0.25) is 0 Å². The molecule has 1 amide bonds. The van der Waals surface area contributed by atoms with Gasteiger partial charge in [-0.1, -0.05) is 70.2 Å². The SMILES string of the molecule is CC(C)C(=O)OC(OC(=O)NC(Cc1cccc(S(=O)(=O)N2CC(Oc3ccc(F)cc3)(c3ccccc3)C2)c1)C(=O)O)C(C)C. The molecule has 1 aliphatic heterocycles. The van der Waals surface area contributed by atoms with Crippen molar-refractivity contribution < 1.29 is 46.5 Å². The van der Waals surface area contributed by atoms with Gasteiger partial charge in [-0.15, -0.1) is 0 Å². The minimum Gasteiger partial charge on any atom is -0.480 e. The second-order valence-electron chi connectivity index (χ2n) is 11.7. The van der Waals surface area contributed by atoms with E-state index in [0.29, 0.717) is 11.3 Å². The van der Waals surface area contributed by atoms with Gasteiger partial charge in [0.15, 0.2) is 5.60 Å². The number of carbonyl (C=O) groups excluding carboxylic acids is 2. The molecule has 1 heterocycles. The molecule has 2 atom stereocenters. The van der Waals surface area contributed by atoms with Gasteiger partial charge in [-0.05, 0) is 47.5 Å². The smallest absolute Gasteiger partial charge is 0.410 e. The van der Waals surface area contributed by atoms with E-state index in [4.69, 9.17) is 14.2 Å². The van der Waals surface area contributed by atoms with Gasteiger partial charge < -0.3 is 24.6 Å². The quantitative estimate of drug-likeness (QED) is 0.197. The summed E-state index contributed by atoms with van der Waals surface area (Å²) in [6.07, 6.45) is -2.59. The molecule has 1 saturated heterocycles. The van der Waals surface area contributed by atoms with Gasteiger partial charge in [0.05, 0.1) is 23.9 Å². The maximum atomic E-state index is 13.7. The van der Waals surface area contributed by atoms with Crippen molar-refractivity contribution in [3.05, 3.63) is 95.8 Å². The van der Waals surface area contributed by atoms with E-state index >= 15 is 0 Å². The zero-order valence-corrected chi connectivity index (χ0v) is 26.7. The number of alkyl carbamates (subject to hydrolysis) is 1. The van der Waals surface area contributed by atoms with Gasteiger partial charge in [0.1, 0.15) is 17.6 Å². The topological polar surface area (TPSA) is 149 Å². The minimum atomic E-state index is -4.04. The molecule has 0 aliphatic carbocycles. The van der Waals surface area contributed by atoms with Crippen molar-refractivity contribution in [2.45, 2.75) is 56.9 Å². The highest BCUT2D eigenvalue weighted by Crippen LogP contribution is 2.40. The number of hydrogen-bond donors (Lipinski definition) is 2. The predicted octanol–water partition coefficient (Wildman–Crippen LogP) is 4.71. The number of carboxylic acid groups (broad SMARTS) is 1. The summed E-state index contributed by atoms with van der Waals surface area (Å²) in [5, 5.41) is 12.1. The van der Waals surface area contributed by atoms with Crippen molar-refractivity contribution in [3.8, 4) is 5.75 Å². The fourth-order valence-electron chi connectivity index (χ4n) is 4.72. The third-order valence-corrected chi connectivity index (χ3v) is 9.12. The lowest BCUT2D eigenvalue weighted by molar-refractivity contribution is -0.179. The second kappa shape index (κ2) is 14.3. The molecule has 3 aromatic rings. The number of aliphatic carboxylic acids is 1. The molecule has 1 aliphatic rings. The molecule has 0 bridgehead atoms. The summed E-state index contributed by atoms with van der Waals surface area (Å²) in [6, 6.07) is 18.9. The van der Waals surface area contributed by atoms with Crippen molar-refractivity contribution in [2.24, 2.45) is 11.8 Å². The zero-order chi connectivity index (χ0) is 33.6. The molecule has 1 fully saturated rings. The molecule has 0 spiro atoms. The highest BCUT2D eigenvalue weighted by molar-refractivity contribution is 7.89. The number of ether oxygens (including phenoxy) is 3. The van der Waals surface area contributed by atoms with Gasteiger partial charge in [-0.25, -0.2) is 22.4 Å². The molecule has 4 rings (SSSR count). The van der Waals surface area contributed by atoms with E-state index < -0.39 is 63.6 Å². The minimum absolute atomic E-state index is 0.0233. The number of esters is 1. The highest BCUT2D eigenvalue weighted by Gasteiger charge is 2.52. The van der Waals surface area contributed by atoms with Crippen LogP contribution in [0.3, 0.4) is 0 Å². The lowest BCUT2D eigenvalue weighted by Crippen LogP contribution is -2.64. The summed E-state index contributed by atoms with van der Waals surface area (Å²) in [5.41, 5.74) is 0.0677. The maximum absolute atomic E-state index is 13.7. The normalized spacial score (nSPS) is 15.8. The molecular weight excluding hydrogens is 619 g/mol. The first kappa shape index (κ1) is 34.4. The molecule has 46 heavy (non-hydrogen) atoms. The Morgan fingerprint density at radius 2 is 1.59 bits per heavy atom. The van der Waals surface area contributed by atoms with Gasteiger partial charge in [-0.2, -0.15) is 4.31 Å². The first-order valence-electron chi connectivity index (χ1n) is 14.7. The van der Waals surface area contributed by atoms with Crippen molar-refractivity contribution in [3.63, 3.8) is 0 Å². The van der Waals surface area contributed by atoms with Crippen LogP contribution in [0.25, 0.3) is 0 Å². The van der Waals surface area contributed by atoms with Gasteiger partial charge in [0, 0.05) is 12.3 Å². The van der Waals surface area contributed by atoms with Crippen LogP contribution in [-0.2, 0) is 41.1 Å². The van der Waals surface area contributed by atoms with E-state index in [1.54, 1.807) is 33.8 Å². The largest absolute Gasteiger partial charge is 0.480 e. The van der Waals surface area contributed by atoms with Gasteiger partial charge in [0.25, 0.3) is 6.29 Å². The summed E-state index contributed by atoms with van der Waals surface area (Å²) in [6.45, 7) is 6.54. The molecule has 3 aromatic carbocycles. The van der Waals surface area contributed by atoms with E-state index in [-0.39, 0.29) is 24.4 Å². The van der Waals surface area contributed by atoms with Gasteiger partial charge >= 0.3 is 18.0 Å². The van der Waals surface area contributed by atoms with Crippen LogP contribution in [0.5, 0.6) is 5.75 Å². The first-order valence-corrected chi connectivity index (χ1v) is 16.1. The highest BCUT2D eigenvalue weighted by atomic mass is 32.2. The Bertz CT molecular complexity index is 1640. The standard InChI is InChI=1S/C33H37FN2O9S/c1-21(2)30(39)43-31(22(3)4)44-32(40)35-28(29(37)38)18-23-9-8-12-27(17-23)46(41,42)36-19-33(20-36,24-10-6-5-7-11-24)45-26-15-13-25(34)14-16-26/h5-17,21-22,28,31H,18-20H2,1-4H3,(H,35,40)(H,37,38). The molecule has 0 saturated carbocycles. The van der Waals surface area contributed by atoms with Crippen LogP contribution in [0, 0.1) is 17.7 Å². The van der Waals surface area contributed by atoms with Crippen LogP contribution < -0.4 is 10.1 Å². The van der Waals surface area contributed by atoms with E-state index in [2.05, 4.69) is 5.32 Å². The maximum Gasteiger partial charge on any atom is 0.410 e. The Morgan fingerprint density at radius 3 is 2.17 bits per heavy atom. The fraction of sp³-hybridized carbons (Fsp3) is 0.364. The monoisotopic (exact) mass is 656 g/mol. The molecule has 2 unspecified atom stereocenters. The van der Waals surface area contributed by atoms with Crippen molar-refractivity contribution in [1.82, 2.24) is 9.62 Å². The first-order chi connectivity index (χ1) is 21.7. The van der Waals surface area contributed by atoms with E-state index in [1.165, 1.54) is 46.8 Å². The molecular formula is C33H37FN2O9S. The van der Waals surface area contributed by atoms with Crippen LogP contribution >= 0.6 is 0 Å². The Hall–Kier alpha value is -4.49. The Morgan fingerprint density at radius 1 is 0.935 bits per heavy atom. The summed E-state index contributed by atoms with van der Waals surface area (Å²) in [5.74, 6) is -2.86. The van der Waals surface area contributed by atoms with Gasteiger partial charge in [-0.3, -0.25) is 4.79 Å². The molecule has 0 radical (unpaired) electrons. The average molecular weight is 657 g/mol. The number of nitrogens with one attached hydrogen (secondary N) is 1. The lowest BCUT2D eigenvalue weighted by atomic mass is 9.87. The zero-order valence-electron chi connectivity index (χ0n) is 25.9. The third-order valence-electron chi connectivity index (χ3n) is 7.33. The number of carbonyl (C=O) groups is 3. The Labute approximate surface area is 267 Å².